The van der Waals surface area contributed by atoms with E-state index in [2.05, 4.69) is 4.98 Å². The number of rotatable bonds is 6. The van der Waals surface area contributed by atoms with Crippen LogP contribution in [0.3, 0.4) is 0 Å². The first-order chi connectivity index (χ1) is 11.5. The van der Waals surface area contributed by atoms with Gasteiger partial charge in [-0.1, -0.05) is 42.5 Å². The van der Waals surface area contributed by atoms with E-state index in [9.17, 15) is 13.2 Å². The predicted octanol–water partition coefficient (Wildman–Crippen LogP) is 3.10. The van der Waals surface area contributed by atoms with Gasteiger partial charge in [-0.15, -0.1) is 0 Å². The number of aromatic nitrogens is 2. The number of ketones is 1. The summed E-state index contributed by atoms with van der Waals surface area (Å²) in [6.45, 7) is 0.432. The van der Waals surface area contributed by atoms with Gasteiger partial charge in [-0.05, 0) is 18.6 Å². The van der Waals surface area contributed by atoms with E-state index in [4.69, 9.17) is 0 Å². The maximum Gasteiger partial charge on any atom is 0.228 e. The zero-order valence-corrected chi connectivity index (χ0v) is 14.2. The summed E-state index contributed by atoms with van der Waals surface area (Å²) in [6.07, 6.45) is 2.07. The molecule has 0 amide bonds. The second-order valence-electron chi connectivity index (χ2n) is 5.70. The Balaban J connectivity index is 1.81. The molecule has 6 heteroatoms. The molecule has 0 spiro atoms. The third-order valence-corrected chi connectivity index (χ3v) is 4.81. The van der Waals surface area contributed by atoms with E-state index in [1.807, 2.05) is 36.4 Å². The molecule has 0 N–H and O–H groups in total. The minimum absolute atomic E-state index is 0.0517. The second-order valence-corrected chi connectivity index (χ2v) is 7.61. The van der Waals surface area contributed by atoms with Gasteiger partial charge in [-0.25, -0.2) is 13.4 Å². The van der Waals surface area contributed by atoms with Crippen LogP contribution in [0.25, 0.3) is 11.0 Å². The lowest BCUT2D eigenvalue weighted by Gasteiger charge is -2.08. The highest BCUT2D eigenvalue weighted by Gasteiger charge is 2.19. The molecule has 5 nitrogen and oxygen atoms in total. The molecule has 0 aliphatic carbocycles. The largest absolute Gasteiger partial charge is 0.315 e. The Labute approximate surface area is 140 Å². The van der Waals surface area contributed by atoms with Crippen LogP contribution in [0.1, 0.15) is 23.2 Å². The monoisotopic (exact) mass is 342 g/mol. The van der Waals surface area contributed by atoms with E-state index < -0.39 is 9.84 Å². The molecule has 3 aromatic rings. The number of benzene rings is 2. The van der Waals surface area contributed by atoms with Gasteiger partial charge in [0, 0.05) is 24.8 Å². The van der Waals surface area contributed by atoms with Gasteiger partial charge in [0.2, 0.25) is 15.0 Å². The number of hydrogen-bond donors (Lipinski definition) is 0. The van der Waals surface area contributed by atoms with E-state index in [-0.39, 0.29) is 10.9 Å². The summed E-state index contributed by atoms with van der Waals surface area (Å²) >= 11 is 0. The number of Topliss-reactive ketones (excluding diaryl/α,β-unsaturated/α-hetero) is 1. The summed E-state index contributed by atoms with van der Waals surface area (Å²) in [5.41, 5.74) is 2.09. The highest BCUT2D eigenvalue weighted by atomic mass is 32.2. The van der Waals surface area contributed by atoms with Gasteiger partial charge in [0.1, 0.15) is 0 Å². The fourth-order valence-corrected chi connectivity index (χ4v) is 3.57. The average Bonchev–Trinajstić information content (AvgIpc) is 2.95. The average molecular weight is 342 g/mol. The van der Waals surface area contributed by atoms with Crippen molar-refractivity contribution in [2.75, 3.05) is 6.26 Å². The van der Waals surface area contributed by atoms with Crippen LogP contribution >= 0.6 is 0 Å². The molecule has 1 aromatic heterocycles. The topological polar surface area (TPSA) is 69.0 Å². The molecule has 124 valence electrons. The minimum atomic E-state index is -3.43. The molecule has 0 saturated heterocycles. The third kappa shape index (κ3) is 3.38. The molecule has 0 bridgehead atoms. The summed E-state index contributed by atoms with van der Waals surface area (Å²) in [6, 6.07) is 16.4. The van der Waals surface area contributed by atoms with Crippen LogP contribution in [-0.2, 0) is 16.4 Å². The Kier molecular flexibility index (Phi) is 4.49. The molecule has 0 aliphatic rings. The normalized spacial score (nSPS) is 11.7. The van der Waals surface area contributed by atoms with Crippen molar-refractivity contribution < 1.29 is 13.2 Å². The summed E-state index contributed by atoms with van der Waals surface area (Å²) in [5.74, 6) is 0.0564. The Bertz CT molecular complexity index is 976. The fraction of sp³-hybridized carbons (Fsp3) is 0.222. The molecule has 0 unspecified atom stereocenters. The standard InChI is InChI=1S/C18H18N2O3S/c1-24(22,23)18-19-15-10-5-6-11-16(15)20(18)13-7-12-17(21)14-8-3-2-4-9-14/h2-6,8-11H,7,12-13H2,1H3. The van der Waals surface area contributed by atoms with Crippen LogP contribution < -0.4 is 0 Å². The van der Waals surface area contributed by atoms with Gasteiger partial charge >= 0.3 is 0 Å². The van der Waals surface area contributed by atoms with E-state index in [0.29, 0.717) is 30.5 Å². The van der Waals surface area contributed by atoms with E-state index in [0.717, 1.165) is 11.8 Å². The first-order valence-electron chi connectivity index (χ1n) is 7.70. The molecule has 0 atom stereocenters. The molecule has 2 aromatic carbocycles. The summed E-state index contributed by atoms with van der Waals surface area (Å²) in [5, 5.41) is 0.0517. The molecule has 0 saturated carbocycles. The summed E-state index contributed by atoms with van der Waals surface area (Å²) in [4.78, 5) is 16.4. The van der Waals surface area contributed by atoms with Crippen LogP contribution in [-0.4, -0.2) is 30.0 Å². The Morgan fingerprint density at radius 2 is 1.71 bits per heavy atom. The number of hydrogen-bond acceptors (Lipinski definition) is 4. The maximum atomic E-state index is 12.2. The molecule has 0 radical (unpaired) electrons. The lowest BCUT2D eigenvalue weighted by atomic mass is 10.1. The van der Waals surface area contributed by atoms with Gasteiger partial charge < -0.3 is 4.57 Å². The van der Waals surface area contributed by atoms with Gasteiger partial charge in [0.05, 0.1) is 11.0 Å². The van der Waals surface area contributed by atoms with E-state index in [1.165, 1.54) is 0 Å². The third-order valence-electron chi connectivity index (χ3n) is 3.83. The Hall–Kier alpha value is -2.47. The van der Waals surface area contributed by atoms with Crippen LogP contribution in [0.15, 0.2) is 59.8 Å². The van der Waals surface area contributed by atoms with Gasteiger partial charge in [0.25, 0.3) is 0 Å². The van der Waals surface area contributed by atoms with Crippen molar-refractivity contribution >= 4 is 26.7 Å². The lowest BCUT2D eigenvalue weighted by Crippen LogP contribution is -2.10. The molecule has 24 heavy (non-hydrogen) atoms. The number of carbonyl (C=O) groups is 1. The molecular weight excluding hydrogens is 324 g/mol. The van der Waals surface area contributed by atoms with Gasteiger partial charge in [-0.3, -0.25) is 4.79 Å². The number of carbonyl (C=O) groups excluding carboxylic acids is 1. The Morgan fingerprint density at radius 1 is 1.04 bits per heavy atom. The van der Waals surface area contributed by atoms with Crippen molar-refractivity contribution in [1.82, 2.24) is 9.55 Å². The Morgan fingerprint density at radius 3 is 2.42 bits per heavy atom. The van der Waals surface area contributed by atoms with Crippen molar-refractivity contribution in [2.45, 2.75) is 24.5 Å². The minimum Gasteiger partial charge on any atom is -0.315 e. The summed E-state index contributed by atoms with van der Waals surface area (Å²) < 4.78 is 25.7. The summed E-state index contributed by atoms with van der Waals surface area (Å²) in [7, 11) is -3.43. The first kappa shape index (κ1) is 16.4. The van der Waals surface area contributed by atoms with Gasteiger partial charge in [-0.2, -0.15) is 0 Å². The number of aryl methyl sites for hydroxylation is 1. The number of sulfone groups is 1. The van der Waals surface area contributed by atoms with E-state index in [1.54, 1.807) is 22.8 Å². The first-order valence-corrected chi connectivity index (χ1v) is 9.59. The van der Waals surface area contributed by atoms with Crippen molar-refractivity contribution in [3.05, 3.63) is 60.2 Å². The lowest BCUT2D eigenvalue weighted by molar-refractivity contribution is 0.0978. The van der Waals surface area contributed by atoms with Crippen molar-refractivity contribution in [3.63, 3.8) is 0 Å². The van der Waals surface area contributed by atoms with E-state index >= 15 is 0 Å². The highest BCUT2D eigenvalue weighted by Crippen LogP contribution is 2.20. The molecular formula is C18H18N2O3S. The van der Waals surface area contributed by atoms with Gasteiger partial charge in [0.15, 0.2) is 5.78 Å². The second kappa shape index (κ2) is 6.57. The van der Waals surface area contributed by atoms with Crippen LogP contribution in [0.4, 0.5) is 0 Å². The van der Waals surface area contributed by atoms with Crippen molar-refractivity contribution in [1.29, 1.82) is 0 Å². The molecule has 0 aliphatic heterocycles. The number of imidazole rings is 1. The van der Waals surface area contributed by atoms with Crippen LogP contribution in [0.2, 0.25) is 0 Å². The quantitative estimate of drug-likeness (QED) is 0.646. The van der Waals surface area contributed by atoms with Crippen molar-refractivity contribution in [2.24, 2.45) is 0 Å². The van der Waals surface area contributed by atoms with Crippen molar-refractivity contribution in [3.8, 4) is 0 Å². The zero-order chi connectivity index (χ0) is 17.2. The number of fused-ring (bicyclic) bond motifs is 1. The van der Waals surface area contributed by atoms with Crippen LogP contribution in [0.5, 0.6) is 0 Å². The number of para-hydroxylation sites is 2. The molecule has 0 fully saturated rings. The fourth-order valence-electron chi connectivity index (χ4n) is 2.72. The SMILES string of the molecule is CS(=O)(=O)c1nc2ccccc2n1CCCC(=O)c1ccccc1. The molecule has 3 rings (SSSR count). The number of nitrogens with zero attached hydrogens (tertiary/aromatic N) is 2. The smallest absolute Gasteiger partial charge is 0.228 e. The van der Waals surface area contributed by atoms with Crippen LogP contribution in [0, 0.1) is 0 Å². The molecule has 1 heterocycles. The maximum absolute atomic E-state index is 12.2. The zero-order valence-electron chi connectivity index (χ0n) is 13.3. The predicted molar refractivity (Wildman–Crippen MR) is 92.8 cm³/mol. The highest BCUT2D eigenvalue weighted by molar-refractivity contribution is 7.90.